The Morgan fingerprint density at radius 2 is 1.91 bits per heavy atom. The third-order valence-corrected chi connectivity index (χ3v) is 4.59. The molecule has 23 heavy (non-hydrogen) atoms. The summed E-state index contributed by atoms with van der Waals surface area (Å²) < 4.78 is 32.0. The summed E-state index contributed by atoms with van der Waals surface area (Å²) in [4.78, 5) is 14.8. The van der Waals surface area contributed by atoms with E-state index in [2.05, 4.69) is 9.17 Å². The fraction of sp³-hybridized carbons (Fsp3) is 0.312. The minimum Gasteiger partial charge on any atom is -0.456 e. The Morgan fingerprint density at radius 1 is 1.17 bits per heavy atom. The molecular weight excluding hydrogens is 318 g/mol. The van der Waals surface area contributed by atoms with Crippen LogP contribution in [0.1, 0.15) is 28.0 Å². The molecule has 2 rings (SSSR count). The van der Waals surface area contributed by atoms with Gasteiger partial charge in [0.05, 0.1) is 12.9 Å². The van der Waals surface area contributed by atoms with Crippen LogP contribution in [-0.4, -0.2) is 32.2 Å². The molecule has 124 valence electrons. The highest BCUT2D eigenvalue weighted by atomic mass is 32.2. The Bertz CT molecular complexity index is 737. The number of benzene rings is 1. The Morgan fingerprint density at radius 3 is 2.61 bits per heavy atom. The standard InChI is InChI=1S/C16H19NO5S/c1-21-23(19,20)9-5-8-14-10-15(17-11-14)16(18)22-12-13-6-3-2-4-7-13/h2-4,6-7,10-11,17H,5,8-9,12H2,1H3. The molecule has 6 nitrogen and oxygen atoms in total. The highest BCUT2D eigenvalue weighted by Gasteiger charge is 2.12. The number of nitrogens with one attached hydrogen (secondary N) is 1. The number of carbonyl (C=O) groups excluding carboxylic acids is 1. The molecule has 1 aromatic carbocycles. The first-order valence-electron chi connectivity index (χ1n) is 7.17. The molecule has 0 saturated carbocycles. The summed E-state index contributed by atoms with van der Waals surface area (Å²) in [6.45, 7) is 0.208. The molecule has 0 saturated heterocycles. The maximum absolute atomic E-state index is 11.9. The summed E-state index contributed by atoms with van der Waals surface area (Å²) in [7, 11) is -2.29. The van der Waals surface area contributed by atoms with E-state index < -0.39 is 16.1 Å². The summed E-state index contributed by atoms with van der Waals surface area (Å²) in [5.74, 6) is -0.493. The number of carbonyl (C=O) groups is 1. The summed E-state index contributed by atoms with van der Waals surface area (Å²) in [5, 5.41) is 0. The smallest absolute Gasteiger partial charge is 0.355 e. The lowest BCUT2D eigenvalue weighted by Gasteiger charge is -2.03. The summed E-state index contributed by atoms with van der Waals surface area (Å²) in [5.41, 5.74) is 2.12. The van der Waals surface area contributed by atoms with Crippen LogP contribution in [0.15, 0.2) is 42.6 Å². The van der Waals surface area contributed by atoms with Crippen LogP contribution in [0.5, 0.6) is 0 Å². The van der Waals surface area contributed by atoms with E-state index in [0.29, 0.717) is 18.5 Å². The first kappa shape index (κ1) is 17.2. The van der Waals surface area contributed by atoms with Crippen LogP contribution in [0.25, 0.3) is 0 Å². The summed E-state index contributed by atoms with van der Waals surface area (Å²) >= 11 is 0. The summed E-state index contributed by atoms with van der Waals surface area (Å²) in [6.07, 6.45) is 2.64. The van der Waals surface area contributed by atoms with E-state index in [-0.39, 0.29) is 12.4 Å². The fourth-order valence-corrected chi connectivity index (χ4v) is 2.70. The van der Waals surface area contributed by atoms with Gasteiger partial charge in [0.25, 0.3) is 10.1 Å². The molecule has 0 fully saturated rings. The lowest BCUT2D eigenvalue weighted by Crippen LogP contribution is -2.08. The molecule has 7 heteroatoms. The van der Waals surface area contributed by atoms with Gasteiger partial charge in [0.2, 0.25) is 0 Å². The number of hydrogen-bond donors (Lipinski definition) is 1. The lowest BCUT2D eigenvalue weighted by atomic mass is 10.2. The number of esters is 1. The Labute approximate surface area is 135 Å². The first-order chi connectivity index (χ1) is 11.0. The van der Waals surface area contributed by atoms with Crippen LogP contribution >= 0.6 is 0 Å². The van der Waals surface area contributed by atoms with Crippen LogP contribution in [0.2, 0.25) is 0 Å². The van der Waals surface area contributed by atoms with Crippen molar-refractivity contribution in [3.63, 3.8) is 0 Å². The average Bonchev–Trinajstić information content (AvgIpc) is 3.02. The zero-order chi connectivity index (χ0) is 16.7. The third-order valence-electron chi connectivity index (χ3n) is 3.29. The Balaban J connectivity index is 1.82. The van der Waals surface area contributed by atoms with Crippen molar-refractivity contribution in [2.75, 3.05) is 12.9 Å². The number of H-pyrrole nitrogens is 1. The van der Waals surface area contributed by atoms with Gasteiger partial charge >= 0.3 is 5.97 Å². The lowest BCUT2D eigenvalue weighted by molar-refractivity contribution is 0.0466. The minimum absolute atomic E-state index is 0.0531. The van der Waals surface area contributed by atoms with Gasteiger partial charge < -0.3 is 9.72 Å². The predicted octanol–water partition coefficient (Wildman–Crippen LogP) is 2.28. The molecule has 1 N–H and O–H groups in total. The van der Waals surface area contributed by atoms with Crippen molar-refractivity contribution >= 4 is 16.1 Å². The number of hydrogen-bond acceptors (Lipinski definition) is 5. The molecule has 0 aliphatic heterocycles. The average molecular weight is 337 g/mol. The zero-order valence-electron chi connectivity index (χ0n) is 12.8. The van der Waals surface area contributed by atoms with Gasteiger partial charge in [-0.2, -0.15) is 8.42 Å². The topological polar surface area (TPSA) is 85.5 Å². The monoisotopic (exact) mass is 337 g/mol. The molecule has 1 aromatic heterocycles. The van der Waals surface area contributed by atoms with E-state index in [4.69, 9.17) is 4.74 Å². The van der Waals surface area contributed by atoms with E-state index in [1.54, 1.807) is 12.3 Å². The van der Waals surface area contributed by atoms with E-state index in [9.17, 15) is 13.2 Å². The fourth-order valence-electron chi connectivity index (χ4n) is 2.04. The van der Waals surface area contributed by atoms with Gasteiger partial charge in [-0.1, -0.05) is 30.3 Å². The summed E-state index contributed by atoms with van der Waals surface area (Å²) in [6, 6.07) is 11.1. The quantitative estimate of drug-likeness (QED) is 0.590. The van der Waals surface area contributed by atoms with Gasteiger partial charge in [0.1, 0.15) is 12.3 Å². The minimum atomic E-state index is -3.44. The third kappa shape index (κ3) is 5.54. The van der Waals surface area contributed by atoms with Gasteiger partial charge in [-0.25, -0.2) is 4.79 Å². The number of aryl methyl sites for hydroxylation is 1. The van der Waals surface area contributed by atoms with Crippen molar-refractivity contribution in [3.8, 4) is 0 Å². The molecule has 0 aliphatic carbocycles. The number of rotatable bonds is 8. The van der Waals surface area contributed by atoms with Crippen molar-refractivity contribution in [1.29, 1.82) is 0 Å². The van der Waals surface area contributed by atoms with Gasteiger partial charge in [0.15, 0.2) is 0 Å². The second-order valence-corrected chi connectivity index (χ2v) is 6.87. The van der Waals surface area contributed by atoms with Crippen molar-refractivity contribution in [2.45, 2.75) is 19.4 Å². The predicted molar refractivity (Wildman–Crippen MR) is 85.5 cm³/mol. The van der Waals surface area contributed by atoms with Crippen molar-refractivity contribution in [2.24, 2.45) is 0 Å². The Kier molecular flexibility index (Phi) is 5.95. The molecule has 0 atom stereocenters. The van der Waals surface area contributed by atoms with E-state index in [0.717, 1.165) is 18.2 Å². The largest absolute Gasteiger partial charge is 0.456 e. The molecule has 0 amide bonds. The first-order valence-corrected chi connectivity index (χ1v) is 8.74. The van der Waals surface area contributed by atoms with Crippen molar-refractivity contribution in [1.82, 2.24) is 4.98 Å². The molecule has 0 radical (unpaired) electrons. The Hall–Kier alpha value is -2.12. The van der Waals surface area contributed by atoms with Crippen molar-refractivity contribution in [3.05, 3.63) is 59.4 Å². The molecule has 2 aromatic rings. The highest BCUT2D eigenvalue weighted by Crippen LogP contribution is 2.10. The highest BCUT2D eigenvalue weighted by molar-refractivity contribution is 7.86. The van der Waals surface area contributed by atoms with Crippen LogP contribution in [-0.2, 0) is 32.1 Å². The molecular formula is C16H19NO5S. The molecule has 0 unspecified atom stereocenters. The van der Waals surface area contributed by atoms with Gasteiger partial charge in [0, 0.05) is 6.20 Å². The second-order valence-electron chi connectivity index (χ2n) is 5.02. The SMILES string of the molecule is COS(=O)(=O)CCCc1c[nH]c(C(=O)OCc2ccccc2)c1. The molecule has 0 aliphatic rings. The second kappa shape index (κ2) is 7.94. The number of aromatic amines is 1. The van der Waals surface area contributed by atoms with Gasteiger partial charge in [-0.05, 0) is 30.0 Å². The molecule has 0 spiro atoms. The zero-order valence-corrected chi connectivity index (χ0v) is 13.6. The maximum Gasteiger partial charge on any atom is 0.355 e. The van der Waals surface area contributed by atoms with Crippen molar-refractivity contribution < 1.29 is 22.1 Å². The maximum atomic E-state index is 11.9. The van der Waals surface area contributed by atoms with Crippen LogP contribution in [0.4, 0.5) is 0 Å². The number of ether oxygens (including phenoxy) is 1. The van der Waals surface area contributed by atoms with E-state index in [1.165, 1.54) is 0 Å². The van der Waals surface area contributed by atoms with Gasteiger partial charge in [-0.15, -0.1) is 0 Å². The van der Waals surface area contributed by atoms with Crippen LogP contribution in [0.3, 0.4) is 0 Å². The normalized spacial score (nSPS) is 11.3. The van der Waals surface area contributed by atoms with Crippen LogP contribution < -0.4 is 0 Å². The molecule has 0 bridgehead atoms. The van der Waals surface area contributed by atoms with E-state index >= 15 is 0 Å². The van der Waals surface area contributed by atoms with E-state index in [1.807, 2.05) is 30.3 Å². The van der Waals surface area contributed by atoms with Crippen LogP contribution in [0, 0.1) is 0 Å². The van der Waals surface area contributed by atoms with Gasteiger partial charge in [-0.3, -0.25) is 4.18 Å². The number of aromatic nitrogens is 1. The molecule has 1 heterocycles.